The van der Waals surface area contributed by atoms with Gasteiger partial charge in [-0.2, -0.15) is 4.98 Å². The summed E-state index contributed by atoms with van der Waals surface area (Å²) in [5, 5.41) is 7.88. The van der Waals surface area contributed by atoms with Crippen LogP contribution in [0.25, 0.3) is 0 Å². The first kappa shape index (κ1) is 18.7. The van der Waals surface area contributed by atoms with Crippen molar-refractivity contribution in [3.8, 4) is 0 Å². The zero-order chi connectivity index (χ0) is 17.4. The van der Waals surface area contributed by atoms with E-state index in [4.69, 9.17) is 22.7 Å². The van der Waals surface area contributed by atoms with E-state index in [1.54, 1.807) is 6.92 Å². The predicted molar refractivity (Wildman–Crippen MR) is 93.6 cm³/mol. The van der Waals surface area contributed by atoms with Crippen LogP contribution in [-0.2, 0) is 4.74 Å². The van der Waals surface area contributed by atoms with E-state index in [2.05, 4.69) is 39.8 Å². The molecule has 0 aromatic carbocycles. The Kier molecular flexibility index (Phi) is 7.26. The summed E-state index contributed by atoms with van der Waals surface area (Å²) >= 11 is 4.97. The molecule has 0 saturated heterocycles. The number of nitrogens with two attached hydrogens (primary N) is 1. The summed E-state index contributed by atoms with van der Waals surface area (Å²) in [7, 11) is 0. The molecule has 0 atom stereocenters. The number of nitrogen functional groups attached to an aromatic ring is 1. The number of alkyl carbamates (subject to hydrolysis) is 1. The fraction of sp³-hybridized carbons (Fsp3) is 0.538. The lowest BCUT2D eigenvalue weighted by molar-refractivity contribution is 0.158. The van der Waals surface area contributed by atoms with Crippen molar-refractivity contribution in [2.24, 2.45) is 5.92 Å². The van der Waals surface area contributed by atoms with E-state index in [0.29, 0.717) is 12.5 Å². The maximum atomic E-state index is 12.0. The molecule has 0 unspecified atom stereocenters. The standard InChI is InChI=1S/C13H22N6O3S/c1-4-22-13(21)19-12(23)16-8-9(15-6-5-7(2)3)17-11(14)18-10(8)20/h7H,4-6H2,1-3H3,(H2,16,19,21,23)(H4,14,15,17,18,20). The highest BCUT2D eigenvalue weighted by Crippen LogP contribution is 2.15. The van der Waals surface area contributed by atoms with Crippen LogP contribution < -0.4 is 27.2 Å². The SMILES string of the molecule is CCOC(=O)NC(=S)Nc1c(NCCC(C)C)nc(N)[nH]c1=O. The number of anilines is 3. The van der Waals surface area contributed by atoms with Crippen molar-refractivity contribution in [3.63, 3.8) is 0 Å². The van der Waals surface area contributed by atoms with E-state index in [1.807, 2.05) is 0 Å². The van der Waals surface area contributed by atoms with Crippen LogP contribution in [0.5, 0.6) is 0 Å². The number of nitrogens with zero attached hydrogens (tertiary/aromatic N) is 1. The molecule has 0 aliphatic rings. The van der Waals surface area contributed by atoms with Gasteiger partial charge < -0.3 is 21.1 Å². The maximum Gasteiger partial charge on any atom is 0.413 e. The van der Waals surface area contributed by atoms with Gasteiger partial charge in [0.1, 0.15) is 5.69 Å². The molecule has 1 aromatic rings. The number of amides is 1. The van der Waals surface area contributed by atoms with Crippen LogP contribution in [0.3, 0.4) is 0 Å². The van der Waals surface area contributed by atoms with Crippen LogP contribution in [0, 0.1) is 5.92 Å². The van der Waals surface area contributed by atoms with Gasteiger partial charge in [0.2, 0.25) is 5.95 Å². The minimum Gasteiger partial charge on any atom is -0.450 e. The molecule has 128 valence electrons. The van der Waals surface area contributed by atoms with Gasteiger partial charge in [0.05, 0.1) is 6.61 Å². The van der Waals surface area contributed by atoms with E-state index in [1.165, 1.54) is 0 Å². The molecule has 0 saturated carbocycles. The lowest BCUT2D eigenvalue weighted by Crippen LogP contribution is -2.36. The summed E-state index contributed by atoms with van der Waals surface area (Å²) in [4.78, 5) is 29.8. The maximum absolute atomic E-state index is 12.0. The minimum absolute atomic E-state index is 0.0168. The summed E-state index contributed by atoms with van der Waals surface area (Å²) in [6.07, 6.45) is 0.179. The Balaban J connectivity index is 2.85. The van der Waals surface area contributed by atoms with Gasteiger partial charge in [-0.05, 0) is 31.5 Å². The molecular weight excluding hydrogens is 320 g/mol. The molecule has 9 nitrogen and oxygen atoms in total. The average molecular weight is 342 g/mol. The van der Waals surface area contributed by atoms with E-state index in [9.17, 15) is 9.59 Å². The summed E-state index contributed by atoms with van der Waals surface area (Å²) in [5.41, 5.74) is 5.13. The van der Waals surface area contributed by atoms with E-state index in [-0.39, 0.29) is 29.2 Å². The van der Waals surface area contributed by atoms with Gasteiger partial charge in [0.25, 0.3) is 5.56 Å². The third kappa shape index (κ3) is 6.51. The molecule has 23 heavy (non-hydrogen) atoms. The second kappa shape index (κ2) is 8.93. The summed E-state index contributed by atoms with van der Waals surface area (Å²) in [5.74, 6) is 0.738. The lowest BCUT2D eigenvalue weighted by atomic mass is 10.1. The Morgan fingerprint density at radius 2 is 2.17 bits per heavy atom. The number of thiocarbonyl (C=S) groups is 1. The minimum atomic E-state index is -0.709. The first-order valence-electron chi connectivity index (χ1n) is 7.21. The lowest BCUT2D eigenvalue weighted by Gasteiger charge is -2.14. The van der Waals surface area contributed by atoms with Crippen molar-refractivity contribution in [1.29, 1.82) is 0 Å². The predicted octanol–water partition coefficient (Wildman–Crippen LogP) is 1.25. The van der Waals surface area contributed by atoms with Crippen molar-refractivity contribution in [2.75, 3.05) is 29.5 Å². The topological polar surface area (TPSA) is 134 Å². The molecule has 0 fully saturated rings. The number of rotatable bonds is 6. The van der Waals surface area contributed by atoms with E-state index < -0.39 is 11.7 Å². The normalized spacial score (nSPS) is 10.3. The first-order valence-corrected chi connectivity index (χ1v) is 7.62. The highest BCUT2D eigenvalue weighted by molar-refractivity contribution is 7.80. The number of carbonyl (C=O) groups excluding carboxylic acids is 1. The molecule has 10 heteroatoms. The Hall–Kier alpha value is -2.36. The van der Waals surface area contributed by atoms with Crippen LogP contribution >= 0.6 is 12.2 Å². The van der Waals surface area contributed by atoms with Crippen LogP contribution in [0.15, 0.2) is 4.79 Å². The van der Waals surface area contributed by atoms with Crippen molar-refractivity contribution in [2.45, 2.75) is 27.2 Å². The summed E-state index contributed by atoms with van der Waals surface area (Å²) in [6.45, 7) is 6.65. The molecule has 6 N–H and O–H groups in total. The fourth-order valence-corrected chi connectivity index (χ4v) is 1.80. The van der Waals surface area contributed by atoms with Crippen LogP contribution in [-0.4, -0.2) is 34.3 Å². The molecule has 0 bridgehead atoms. The highest BCUT2D eigenvalue weighted by Gasteiger charge is 2.13. The van der Waals surface area contributed by atoms with Gasteiger partial charge in [0, 0.05) is 6.54 Å². The second-order valence-corrected chi connectivity index (χ2v) is 5.49. The van der Waals surface area contributed by atoms with Crippen molar-refractivity contribution >= 4 is 40.9 Å². The van der Waals surface area contributed by atoms with Gasteiger partial charge in [-0.15, -0.1) is 0 Å². The first-order chi connectivity index (χ1) is 10.8. The summed E-state index contributed by atoms with van der Waals surface area (Å²) in [6, 6.07) is 0. The summed E-state index contributed by atoms with van der Waals surface area (Å²) < 4.78 is 4.71. The molecular formula is C13H22N6O3S. The zero-order valence-electron chi connectivity index (χ0n) is 13.4. The van der Waals surface area contributed by atoms with Crippen molar-refractivity contribution in [3.05, 3.63) is 10.4 Å². The van der Waals surface area contributed by atoms with Crippen LogP contribution in [0.4, 0.5) is 22.2 Å². The average Bonchev–Trinajstić information content (AvgIpc) is 2.42. The Morgan fingerprint density at radius 3 is 2.78 bits per heavy atom. The number of hydrogen-bond donors (Lipinski definition) is 5. The highest BCUT2D eigenvalue weighted by atomic mass is 32.1. The molecule has 1 heterocycles. The zero-order valence-corrected chi connectivity index (χ0v) is 14.2. The number of ether oxygens (including phenoxy) is 1. The van der Waals surface area contributed by atoms with Gasteiger partial charge in [-0.3, -0.25) is 15.1 Å². The molecule has 0 spiro atoms. The molecule has 1 amide bonds. The largest absolute Gasteiger partial charge is 0.450 e. The molecule has 0 aliphatic carbocycles. The van der Waals surface area contributed by atoms with Gasteiger partial charge in [0.15, 0.2) is 10.9 Å². The monoisotopic (exact) mass is 342 g/mol. The van der Waals surface area contributed by atoms with Crippen molar-refractivity contribution in [1.82, 2.24) is 15.3 Å². The fourth-order valence-electron chi connectivity index (χ4n) is 1.62. The van der Waals surface area contributed by atoms with E-state index in [0.717, 1.165) is 6.42 Å². The second-order valence-electron chi connectivity index (χ2n) is 5.08. The third-order valence-electron chi connectivity index (χ3n) is 2.68. The number of nitrogens with one attached hydrogen (secondary N) is 4. The van der Waals surface area contributed by atoms with E-state index >= 15 is 0 Å². The van der Waals surface area contributed by atoms with Gasteiger partial charge in [-0.25, -0.2) is 4.79 Å². The van der Waals surface area contributed by atoms with Crippen molar-refractivity contribution < 1.29 is 9.53 Å². The molecule has 0 aliphatic heterocycles. The Labute approximate surface area is 139 Å². The number of aromatic amines is 1. The number of hydrogen-bond acceptors (Lipinski definition) is 7. The van der Waals surface area contributed by atoms with Gasteiger partial charge in [-0.1, -0.05) is 13.8 Å². The molecule has 0 radical (unpaired) electrons. The Bertz CT molecular complexity index is 616. The molecule has 1 rings (SSSR count). The number of aromatic nitrogens is 2. The third-order valence-corrected chi connectivity index (χ3v) is 2.89. The van der Waals surface area contributed by atoms with Crippen LogP contribution in [0.2, 0.25) is 0 Å². The Morgan fingerprint density at radius 1 is 1.48 bits per heavy atom. The molecule has 1 aromatic heterocycles. The number of carbonyl (C=O) groups is 1. The van der Waals surface area contributed by atoms with Crippen LogP contribution in [0.1, 0.15) is 27.2 Å². The van der Waals surface area contributed by atoms with Gasteiger partial charge >= 0.3 is 6.09 Å². The smallest absolute Gasteiger partial charge is 0.413 e. The number of H-pyrrole nitrogens is 1. The quantitative estimate of drug-likeness (QED) is 0.488.